The van der Waals surface area contributed by atoms with Gasteiger partial charge in [0.2, 0.25) is 5.91 Å². The van der Waals surface area contributed by atoms with Crippen molar-refractivity contribution in [1.82, 2.24) is 19.6 Å². The molecule has 174 valence electrons. The number of likely N-dealkylation sites (N-methyl/N-ethyl adjacent to an activating group) is 1. The van der Waals surface area contributed by atoms with Crippen molar-refractivity contribution in [3.8, 4) is 11.3 Å². The number of hydrogen-bond acceptors (Lipinski definition) is 5. The molecule has 2 atom stereocenters. The molecule has 0 bridgehead atoms. The molecule has 0 aliphatic rings. The number of nitrogens with zero attached hydrogens (tertiary/aromatic N) is 3. The number of alkyl halides is 3. The minimum atomic E-state index is -4.43. The summed E-state index contributed by atoms with van der Waals surface area (Å²) in [6.45, 7) is 1.61. The lowest BCUT2D eigenvalue weighted by Gasteiger charge is -2.25. The monoisotopic (exact) mass is 480 g/mol. The Hall–Kier alpha value is -3.02. The smallest absolute Gasteiger partial charge is 0.416 e. The molecule has 1 N–H and O–H groups in total. The van der Waals surface area contributed by atoms with Gasteiger partial charge in [0, 0.05) is 12.6 Å². The highest BCUT2D eigenvalue weighted by molar-refractivity contribution is 7.89. The zero-order valence-corrected chi connectivity index (χ0v) is 18.5. The number of amides is 1. The Morgan fingerprint density at radius 2 is 1.76 bits per heavy atom. The zero-order chi connectivity index (χ0) is 24.2. The van der Waals surface area contributed by atoms with Crippen LogP contribution in [0, 0.1) is 5.82 Å². The Morgan fingerprint density at radius 1 is 1.12 bits per heavy atom. The fraction of sp³-hybridized carbons (Fsp3) is 0.227. The third kappa shape index (κ3) is 6.28. The van der Waals surface area contributed by atoms with Crippen LogP contribution in [0.2, 0.25) is 0 Å². The van der Waals surface area contributed by atoms with E-state index in [1.807, 2.05) is 0 Å². The topological polar surface area (TPSA) is 81.2 Å². The molecule has 0 saturated heterocycles. The van der Waals surface area contributed by atoms with Crippen molar-refractivity contribution in [3.05, 3.63) is 78.0 Å². The van der Waals surface area contributed by atoms with E-state index < -0.39 is 40.9 Å². The van der Waals surface area contributed by atoms with Crippen LogP contribution in [0.25, 0.3) is 11.3 Å². The molecule has 1 heterocycles. The average molecular weight is 480 g/mol. The summed E-state index contributed by atoms with van der Waals surface area (Å²) in [6, 6.07) is 10.5. The maximum atomic E-state index is 13.1. The fourth-order valence-corrected chi connectivity index (χ4v) is 3.92. The third-order valence-electron chi connectivity index (χ3n) is 4.88. The van der Waals surface area contributed by atoms with Crippen LogP contribution in [0.1, 0.15) is 18.2 Å². The molecule has 6 nitrogen and oxygen atoms in total. The summed E-state index contributed by atoms with van der Waals surface area (Å²) in [6.07, 6.45) is -3.17. The van der Waals surface area contributed by atoms with Crippen molar-refractivity contribution in [3.63, 3.8) is 0 Å². The number of carbonyl (C=O) groups excluding carboxylic acids is 1. The molecule has 33 heavy (non-hydrogen) atoms. The molecule has 0 aliphatic carbocycles. The molecule has 1 amide bonds. The summed E-state index contributed by atoms with van der Waals surface area (Å²) in [7, 11) is 1.51. The van der Waals surface area contributed by atoms with E-state index >= 15 is 0 Å². The van der Waals surface area contributed by atoms with Gasteiger partial charge >= 0.3 is 6.18 Å². The molecule has 0 aliphatic heterocycles. The van der Waals surface area contributed by atoms with E-state index in [9.17, 15) is 26.9 Å². The van der Waals surface area contributed by atoms with Gasteiger partial charge in [0.25, 0.3) is 0 Å². The first-order valence-corrected chi connectivity index (χ1v) is 10.8. The van der Waals surface area contributed by atoms with E-state index in [4.69, 9.17) is 0 Å². The normalized spacial score (nSPS) is 13.6. The number of carbonyl (C=O) groups is 1. The van der Waals surface area contributed by atoms with Gasteiger partial charge in [-0.05, 0) is 49.4 Å². The number of rotatable bonds is 7. The van der Waals surface area contributed by atoms with Gasteiger partial charge in [-0.1, -0.05) is 12.1 Å². The van der Waals surface area contributed by atoms with E-state index in [2.05, 4.69) is 15.3 Å². The minimum absolute atomic E-state index is 0.0380. The van der Waals surface area contributed by atoms with Crippen LogP contribution in [0.5, 0.6) is 0 Å². The number of nitrogens with one attached hydrogen (secondary N) is 1. The molecule has 0 fully saturated rings. The van der Waals surface area contributed by atoms with Crippen molar-refractivity contribution in [1.29, 1.82) is 0 Å². The van der Waals surface area contributed by atoms with E-state index in [-0.39, 0.29) is 6.54 Å². The second-order valence-corrected chi connectivity index (χ2v) is 8.66. The lowest BCUT2D eigenvalue weighted by molar-refractivity contribution is -0.137. The molecule has 1 aromatic heterocycles. The summed E-state index contributed by atoms with van der Waals surface area (Å²) >= 11 is -1.67. The van der Waals surface area contributed by atoms with Crippen molar-refractivity contribution < 1.29 is 26.9 Å². The number of hydrogen-bond donors (Lipinski definition) is 1. The van der Waals surface area contributed by atoms with Crippen LogP contribution in [-0.2, 0) is 28.9 Å². The Bertz CT molecular complexity index is 1090. The van der Waals surface area contributed by atoms with E-state index in [1.165, 1.54) is 54.1 Å². The highest BCUT2D eigenvalue weighted by Gasteiger charge is 2.30. The fourth-order valence-electron chi connectivity index (χ4n) is 2.83. The van der Waals surface area contributed by atoms with Crippen LogP contribution >= 0.6 is 0 Å². The first kappa shape index (κ1) is 24.6. The molecule has 3 rings (SSSR count). The van der Waals surface area contributed by atoms with E-state index in [0.29, 0.717) is 21.8 Å². The predicted octanol–water partition coefficient (Wildman–Crippen LogP) is 3.96. The van der Waals surface area contributed by atoms with Crippen LogP contribution in [-0.4, -0.2) is 37.8 Å². The lowest BCUT2D eigenvalue weighted by atomic mass is 10.1. The van der Waals surface area contributed by atoms with Gasteiger partial charge in [-0.25, -0.2) is 14.4 Å². The molecular formula is C22H20F4N4O2S. The Kier molecular flexibility index (Phi) is 7.67. The van der Waals surface area contributed by atoms with Crippen LogP contribution in [0.3, 0.4) is 0 Å². The summed E-state index contributed by atoms with van der Waals surface area (Å²) < 4.78 is 65.2. The van der Waals surface area contributed by atoms with Gasteiger partial charge in [0.15, 0.2) is 4.90 Å². The zero-order valence-electron chi connectivity index (χ0n) is 17.6. The Morgan fingerprint density at radius 3 is 2.36 bits per heavy atom. The van der Waals surface area contributed by atoms with Crippen LogP contribution < -0.4 is 5.32 Å². The van der Waals surface area contributed by atoms with Crippen LogP contribution in [0.15, 0.2) is 65.8 Å². The summed E-state index contributed by atoms with van der Waals surface area (Å²) in [4.78, 5) is 21.0. The molecule has 0 radical (unpaired) electrons. The van der Waals surface area contributed by atoms with Crippen LogP contribution in [0.4, 0.5) is 17.6 Å². The quantitative estimate of drug-likeness (QED) is 0.409. The van der Waals surface area contributed by atoms with Crippen molar-refractivity contribution in [2.24, 2.45) is 0 Å². The van der Waals surface area contributed by atoms with Gasteiger partial charge in [-0.3, -0.25) is 4.79 Å². The largest absolute Gasteiger partial charge is 0.593 e. The standard InChI is InChI=1S/C22H20F4N4O2S/c1-14(30(2)33(32)19-9-7-17(23)8-10-19)21(31)27-12-18-11-20(29-13-28-18)15-3-5-16(6-4-15)22(24,25)26/h3-11,13-14H,12H2,1-2H3,(H,27,31)/t14-,33?/m1/s1. The van der Waals surface area contributed by atoms with Crippen molar-refractivity contribution in [2.45, 2.75) is 30.6 Å². The second-order valence-electron chi connectivity index (χ2n) is 7.11. The third-order valence-corrected chi connectivity index (χ3v) is 6.39. The second kappa shape index (κ2) is 10.3. The summed E-state index contributed by atoms with van der Waals surface area (Å²) in [5.41, 5.74) is 0.568. The first-order valence-electron chi connectivity index (χ1n) is 9.73. The summed E-state index contributed by atoms with van der Waals surface area (Å²) in [5, 5.41) is 2.69. The number of halogens is 4. The minimum Gasteiger partial charge on any atom is -0.593 e. The molecule has 2 aromatic carbocycles. The Labute approximate surface area is 191 Å². The number of benzene rings is 2. The maximum Gasteiger partial charge on any atom is 0.416 e. The Balaban J connectivity index is 1.62. The predicted molar refractivity (Wildman–Crippen MR) is 114 cm³/mol. The lowest BCUT2D eigenvalue weighted by Crippen LogP contribution is -2.45. The van der Waals surface area contributed by atoms with Gasteiger partial charge in [-0.2, -0.15) is 13.2 Å². The maximum absolute atomic E-state index is 13.1. The highest BCUT2D eigenvalue weighted by atomic mass is 32.2. The number of aromatic nitrogens is 2. The molecule has 0 spiro atoms. The van der Waals surface area contributed by atoms with E-state index in [0.717, 1.165) is 12.1 Å². The SMILES string of the molecule is C[C@H](C(=O)NCc1cc(-c2ccc(C(F)(F)F)cc2)ncn1)N(C)[S+]([O-])c1ccc(F)cc1. The van der Waals surface area contributed by atoms with E-state index in [1.54, 1.807) is 13.0 Å². The summed E-state index contributed by atoms with van der Waals surface area (Å²) in [5.74, 6) is -0.868. The van der Waals surface area contributed by atoms with Crippen molar-refractivity contribution in [2.75, 3.05) is 7.05 Å². The molecular weight excluding hydrogens is 460 g/mol. The average Bonchev–Trinajstić information content (AvgIpc) is 2.81. The van der Waals surface area contributed by atoms with Gasteiger partial charge in [0.05, 0.1) is 34.9 Å². The van der Waals surface area contributed by atoms with Crippen molar-refractivity contribution >= 4 is 17.3 Å². The molecule has 1 unspecified atom stereocenters. The molecule has 3 aromatic rings. The molecule has 0 saturated carbocycles. The highest BCUT2D eigenvalue weighted by Crippen LogP contribution is 2.30. The molecule has 11 heteroatoms. The van der Waals surface area contributed by atoms with Gasteiger partial charge < -0.3 is 9.87 Å². The van der Waals surface area contributed by atoms with Gasteiger partial charge in [0.1, 0.15) is 18.2 Å². The first-order chi connectivity index (χ1) is 15.6. The van der Waals surface area contributed by atoms with Gasteiger partial charge in [-0.15, -0.1) is 4.31 Å².